The number of nitrogens with two attached hydrogens (primary N) is 1. The summed E-state index contributed by atoms with van der Waals surface area (Å²) in [7, 11) is 2.08. The highest BCUT2D eigenvalue weighted by Gasteiger charge is 2.09. The van der Waals surface area contributed by atoms with Crippen LogP contribution in [0.2, 0.25) is 0 Å². The minimum Gasteiger partial charge on any atom is -0.388 e. The van der Waals surface area contributed by atoms with Gasteiger partial charge in [0.25, 0.3) is 0 Å². The summed E-state index contributed by atoms with van der Waals surface area (Å²) in [5.74, 6) is 0. The molecule has 1 aromatic heterocycles. The SMILES string of the molecule is CCCC(C)N(C)c1ccc(C(N)=S)nc1. The Hall–Kier alpha value is -1.16. The van der Waals surface area contributed by atoms with E-state index in [1.165, 1.54) is 12.8 Å². The summed E-state index contributed by atoms with van der Waals surface area (Å²) in [6.07, 6.45) is 4.18. The first-order valence-corrected chi connectivity index (χ1v) is 5.95. The van der Waals surface area contributed by atoms with Gasteiger partial charge in [-0.3, -0.25) is 4.98 Å². The Bertz CT molecular complexity index is 348. The molecular formula is C12H19N3S. The van der Waals surface area contributed by atoms with Gasteiger partial charge >= 0.3 is 0 Å². The third-order valence-corrected chi connectivity index (χ3v) is 2.98. The van der Waals surface area contributed by atoms with E-state index in [-0.39, 0.29) is 0 Å². The molecule has 1 rings (SSSR count). The van der Waals surface area contributed by atoms with Crippen LogP contribution in [0.15, 0.2) is 18.3 Å². The summed E-state index contributed by atoms with van der Waals surface area (Å²) in [6, 6.07) is 4.39. The van der Waals surface area contributed by atoms with Crippen molar-refractivity contribution in [2.45, 2.75) is 32.7 Å². The van der Waals surface area contributed by atoms with Crippen molar-refractivity contribution >= 4 is 22.9 Å². The Kier molecular flexibility index (Phi) is 4.68. The van der Waals surface area contributed by atoms with Crippen molar-refractivity contribution < 1.29 is 0 Å². The van der Waals surface area contributed by atoms with Crippen molar-refractivity contribution in [3.63, 3.8) is 0 Å². The number of hydrogen-bond donors (Lipinski definition) is 1. The number of nitrogens with zero attached hydrogens (tertiary/aromatic N) is 2. The van der Waals surface area contributed by atoms with Crippen molar-refractivity contribution in [2.24, 2.45) is 5.73 Å². The van der Waals surface area contributed by atoms with Crippen molar-refractivity contribution in [3.05, 3.63) is 24.0 Å². The van der Waals surface area contributed by atoms with Gasteiger partial charge in [0.15, 0.2) is 0 Å². The van der Waals surface area contributed by atoms with Gasteiger partial charge in [0.05, 0.1) is 17.6 Å². The summed E-state index contributed by atoms with van der Waals surface area (Å²) < 4.78 is 0. The predicted octanol–water partition coefficient (Wildman–Crippen LogP) is 2.34. The Morgan fingerprint density at radius 1 is 1.56 bits per heavy atom. The second-order valence-corrected chi connectivity index (χ2v) is 4.45. The smallest absolute Gasteiger partial charge is 0.122 e. The Morgan fingerprint density at radius 3 is 2.69 bits per heavy atom. The van der Waals surface area contributed by atoms with Gasteiger partial charge in [-0.2, -0.15) is 0 Å². The van der Waals surface area contributed by atoms with Gasteiger partial charge in [0, 0.05) is 13.1 Å². The summed E-state index contributed by atoms with van der Waals surface area (Å²) in [5, 5.41) is 0. The average molecular weight is 237 g/mol. The van der Waals surface area contributed by atoms with Crippen molar-refractivity contribution in [2.75, 3.05) is 11.9 Å². The molecule has 1 aromatic rings. The van der Waals surface area contributed by atoms with Crippen LogP contribution in [0.25, 0.3) is 0 Å². The minimum atomic E-state index is 0.343. The molecular weight excluding hydrogens is 218 g/mol. The van der Waals surface area contributed by atoms with Crippen LogP contribution < -0.4 is 10.6 Å². The monoisotopic (exact) mass is 237 g/mol. The van der Waals surface area contributed by atoms with Gasteiger partial charge in [0.2, 0.25) is 0 Å². The van der Waals surface area contributed by atoms with Crippen molar-refractivity contribution in [1.82, 2.24) is 4.98 Å². The average Bonchev–Trinajstić information content (AvgIpc) is 2.28. The number of pyridine rings is 1. The Labute approximate surface area is 103 Å². The highest BCUT2D eigenvalue weighted by Crippen LogP contribution is 2.16. The first-order valence-electron chi connectivity index (χ1n) is 5.55. The highest BCUT2D eigenvalue weighted by atomic mass is 32.1. The van der Waals surface area contributed by atoms with Gasteiger partial charge in [-0.05, 0) is 25.5 Å². The second kappa shape index (κ2) is 5.80. The molecule has 16 heavy (non-hydrogen) atoms. The van der Waals surface area contributed by atoms with Gasteiger partial charge in [-0.25, -0.2) is 0 Å². The van der Waals surface area contributed by atoms with Crippen molar-refractivity contribution in [3.8, 4) is 0 Å². The van der Waals surface area contributed by atoms with Gasteiger partial charge < -0.3 is 10.6 Å². The third-order valence-electron chi connectivity index (χ3n) is 2.78. The summed E-state index contributed by atoms with van der Waals surface area (Å²) >= 11 is 4.87. The molecule has 0 bridgehead atoms. The third kappa shape index (κ3) is 3.17. The molecule has 0 saturated heterocycles. The zero-order valence-corrected chi connectivity index (χ0v) is 10.9. The molecule has 0 aliphatic rings. The van der Waals surface area contributed by atoms with Crippen LogP contribution in [0.5, 0.6) is 0 Å². The number of aromatic nitrogens is 1. The summed E-state index contributed by atoms with van der Waals surface area (Å²) in [5.41, 5.74) is 7.28. The lowest BCUT2D eigenvalue weighted by molar-refractivity contribution is 0.615. The van der Waals surface area contributed by atoms with E-state index >= 15 is 0 Å². The zero-order valence-electron chi connectivity index (χ0n) is 10.1. The standard InChI is InChI=1S/C12H19N3S/c1-4-5-9(2)15(3)10-6-7-11(12(13)16)14-8-10/h6-9H,4-5H2,1-3H3,(H2,13,16). The van der Waals surface area contributed by atoms with Crippen LogP contribution in [0.1, 0.15) is 32.4 Å². The second-order valence-electron chi connectivity index (χ2n) is 4.01. The summed E-state index contributed by atoms with van der Waals surface area (Å²) in [4.78, 5) is 6.80. The van der Waals surface area contributed by atoms with Crippen LogP contribution in [0, 0.1) is 0 Å². The summed E-state index contributed by atoms with van der Waals surface area (Å²) in [6.45, 7) is 4.41. The fraction of sp³-hybridized carbons (Fsp3) is 0.500. The van der Waals surface area contributed by atoms with E-state index in [0.717, 1.165) is 5.69 Å². The minimum absolute atomic E-state index is 0.343. The lowest BCUT2D eigenvalue weighted by atomic mass is 10.1. The molecule has 3 nitrogen and oxygen atoms in total. The number of thiocarbonyl (C=S) groups is 1. The molecule has 0 spiro atoms. The molecule has 1 unspecified atom stereocenters. The Balaban J connectivity index is 2.77. The molecule has 0 aromatic carbocycles. The first-order chi connectivity index (χ1) is 7.56. The van der Waals surface area contributed by atoms with E-state index in [1.54, 1.807) is 0 Å². The molecule has 88 valence electrons. The highest BCUT2D eigenvalue weighted by molar-refractivity contribution is 7.80. The molecule has 2 N–H and O–H groups in total. The number of hydrogen-bond acceptors (Lipinski definition) is 3. The quantitative estimate of drug-likeness (QED) is 0.798. The van der Waals surface area contributed by atoms with Crippen LogP contribution >= 0.6 is 12.2 Å². The van der Waals surface area contributed by atoms with Crippen LogP contribution in [-0.2, 0) is 0 Å². The maximum absolute atomic E-state index is 5.50. The zero-order chi connectivity index (χ0) is 12.1. The number of rotatable bonds is 5. The molecule has 4 heteroatoms. The van der Waals surface area contributed by atoms with Crippen LogP contribution in [0.4, 0.5) is 5.69 Å². The molecule has 1 atom stereocenters. The molecule has 0 aliphatic carbocycles. The fourth-order valence-corrected chi connectivity index (χ4v) is 1.73. The molecule has 0 saturated carbocycles. The molecule has 0 fully saturated rings. The van der Waals surface area contributed by atoms with E-state index < -0.39 is 0 Å². The topological polar surface area (TPSA) is 42.1 Å². The Morgan fingerprint density at radius 2 is 2.25 bits per heavy atom. The predicted molar refractivity (Wildman–Crippen MR) is 72.9 cm³/mol. The lowest BCUT2D eigenvalue weighted by Gasteiger charge is -2.26. The van der Waals surface area contributed by atoms with Gasteiger partial charge in [-0.15, -0.1) is 0 Å². The first kappa shape index (κ1) is 12.9. The fourth-order valence-electron chi connectivity index (χ4n) is 1.61. The molecule has 1 heterocycles. The molecule has 0 radical (unpaired) electrons. The van der Waals surface area contributed by atoms with Gasteiger partial charge in [-0.1, -0.05) is 25.6 Å². The van der Waals surface area contributed by atoms with E-state index in [4.69, 9.17) is 18.0 Å². The normalized spacial score (nSPS) is 12.2. The van der Waals surface area contributed by atoms with Crippen LogP contribution in [0.3, 0.4) is 0 Å². The van der Waals surface area contributed by atoms with E-state index in [0.29, 0.717) is 16.7 Å². The van der Waals surface area contributed by atoms with Crippen molar-refractivity contribution in [1.29, 1.82) is 0 Å². The van der Waals surface area contributed by atoms with E-state index in [2.05, 4.69) is 30.8 Å². The van der Waals surface area contributed by atoms with E-state index in [1.807, 2.05) is 18.3 Å². The van der Waals surface area contributed by atoms with Gasteiger partial charge in [0.1, 0.15) is 4.99 Å². The largest absolute Gasteiger partial charge is 0.388 e. The lowest BCUT2D eigenvalue weighted by Crippen LogP contribution is -2.28. The molecule has 0 aliphatic heterocycles. The van der Waals surface area contributed by atoms with E-state index in [9.17, 15) is 0 Å². The number of anilines is 1. The van der Waals surface area contributed by atoms with Crippen LogP contribution in [-0.4, -0.2) is 23.1 Å². The maximum atomic E-state index is 5.50. The maximum Gasteiger partial charge on any atom is 0.122 e. The molecule has 0 amide bonds.